The van der Waals surface area contributed by atoms with Gasteiger partial charge in [-0.15, -0.1) is 0 Å². The molecule has 2 heterocycles. The summed E-state index contributed by atoms with van der Waals surface area (Å²) in [7, 11) is -3.94. The lowest BCUT2D eigenvalue weighted by Gasteiger charge is -2.33. The van der Waals surface area contributed by atoms with E-state index in [-0.39, 0.29) is 18.0 Å². The first-order valence-corrected chi connectivity index (χ1v) is 11.0. The van der Waals surface area contributed by atoms with Crippen LogP contribution in [0.25, 0.3) is 10.9 Å². The SMILES string of the molecule is Cc1nc(CN2CCN(S(=O)(=O)c3ccccc3[N+](=O)[O-])CC2)nc2ccccc12. The summed E-state index contributed by atoms with van der Waals surface area (Å²) in [4.78, 5) is 21.6. The van der Waals surface area contributed by atoms with Crippen LogP contribution < -0.4 is 0 Å². The summed E-state index contributed by atoms with van der Waals surface area (Å²) in [5.41, 5.74) is 1.39. The maximum atomic E-state index is 12.9. The van der Waals surface area contributed by atoms with Crippen LogP contribution in [-0.2, 0) is 16.6 Å². The summed E-state index contributed by atoms with van der Waals surface area (Å²) in [6.07, 6.45) is 0. The second-order valence-electron chi connectivity index (χ2n) is 7.15. The Morgan fingerprint density at radius 3 is 2.40 bits per heavy atom. The second kappa shape index (κ2) is 8.05. The van der Waals surface area contributed by atoms with Gasteiger partial charge in [-0.1, -0.05) is 30.3 Å². The molecule has 0 radical (unpaired) electrons. The highest BCUT2D eigenvalue weighted by Crippen LogP contribution is 2.27. The first-order valence-electron chi connectivity index (χ1n) is 9.54. The van der Waals surface area contributed by atoms with E-state index in [0.29, 0.717) is 25.5 Å². The molecule has 1 aliphatic rings. The Labute approximate surface area is 174 Å². The Morgan fingerprint density at radius 1 is 1.00 bits per heavy atom. The zero-order chi connectivity index (χ0) is 21.3. The second-order valence-corrected chi connectivity index (χ2v) is 9.05. The minimum absolute atomic E-state index is 0.251. The third-order valence-electron chi connectivity index (χ3n) is 5.22. The molecular weight excluding hydrogens is 406 g/mol. The van der Waals surface area contributed by atoms with Crippen molar-refractivity contribution in [1.29, 1.82) is 0 Å². The van der Waals surface area contributed by atoms with Gasteiger partial charge in [0.05, 0.1) is 17.0 Å². The van der Waals surface area contributed by atoms with E-state index >= 15 is 0 Å². The van der Waals surface area contributed by atoms with E-state index < -0.39 is 20.6 Å². The number of benzene rings is 2. The summed E-state index contributed by atoms with van der Waals surface area (Å²) in [5, 5.41) is 12.2. The Kier molecular flexibility index (Phi) is 5.46. The molecule has 0 amide bonds. The normalized spacial score (nSPS) is 16.0. The average molecular weight is 427 g/mol. The van der Waals surface area contributed by atoms with E-state index in [4.69, 9.17) is 0 Å². The molecule has 1 aliphatic heterocycles. The molecule has 0 saturated carbocycles. The van der Waals surface area contributed by atoms with Crippen molar-refractivity contribution in [1.82, 2.24) is 19.2 Å². The van der Waals surface area contributed by atoms with Crippen LogP contribution in [0.3, 0.4) is 0 Å². The lowest BCUT2D eigenvalue weighted by Crippen LogP contribution is -2.48. The Hall–Kier alpha value is -2.95. The van der Waals surface area contributed by atoms with E-state index in [2.05, 4.69) is 14.9 Å². The molecule has 0 atom stereocenters. The van der Waals surface area contributed by atoms with Crippen LogP contribution in [-0.4, -0.2) is 58.7 Å². The number of para-hydroxylation sites is 2. The number of aromatic nitrogens is 2. The van der Waals surface area contributed by atoms with E-state index in [1.54, 1.807) is 0 Å². The van der Waals surface area contributed by atoms with Gasteiger partial charge in [-0.2, -0.15) is 4.31 Å². The molecule has 4 rings (SSSR count). The summed E-state index contributed by atoms with van der Waals surface area (Å²) in [6.45, 7) is 3.96. The summed E-state index contributed by atoms with van der Waals surface area (Å²) >= 11 is 0. The number of aryl methyl sites for hydroxylation is 1. The molecular formula is C20H21N5O4S. The van der Waals surface area contributed by atoms with Crippen LogP contribution in [0, 0.1) is 17.0 Å². The number of piperazine rings is 1. The van der Waals surface area contributed by atoms with E-state index in [1.165, 1.54) is 28.6 Å². The van der Waals surface area contributed by atoms with Crippen molar-refractivity contribution in [2.45, 2.75) is 18.4 Å². The third-order valence-corrected chi connectivity index (χ3v) is 7.16. The van der Waals surface area contributed by atoms with Crippen LogP contribution in [0.15, 0.2) is 53.4 Å². The number of nitrogens with zero attached hydrogens (tertiary/aromatic N) is 5. The van der Waals surface area contributed by atoms with Crippen molar-refractivity contribution in [3.05, 3.63) is 70.2 Å². The Morgan fingerprint density at radius 2 is 1.67 bits per heavy atom. The standard InChI is InChI=1S/C20H21N5O4S/c1-15-16-6-2-3-7-17(16)22-20(21-15)14-23-10-12-24(13-11-23)30(28,29)19-9-5-4-8-18(19)25(26)27/h2-9H,10-14H2,1H3. The molecule has 9 nitrogen and oxygen atoms in total. The molecule has 1 fully saturated rings. The fourth-order valence-electron chi connectivity index (χ4n) is 3.66. The first kappa shape index (κ1) is 20.3. The highest BCUT2D eigenvalue weighted by molar-refractivity contribution is 7.89. The van der Waals surface area contributed by atoms with Gasteiger partial charge in [0.2, 0.25) is 10.0 Å². The van der Waals surface area contributed by atoms with Crippen molar-refractivity contribution < 1.29 is 13.3 Å². The van der Waals surface area contributed by atoms with Gasteiger partial charge < -0.3 is 0 Å². The topological polar surface area (TPSA) is 110 Å². The minimum atomic E-state index is -3.94. The summed E-state index contributed by atoms with van der Waals surface area (Å²) in [6, 6.07) is 13.3. The van der Waals surface area contributed by atoms with Gasteiger partial charge in [0, 0.05) is 43.3 Å². The predicted molar refractivity (Wildman–Crippen MR) is 111 cm³/mol. The fraction of sp³-hybridized carbons (Fsp3) is 0.300. The van der Waals surface area contributed by atoms with Crippen LogP contribution in [0.4, 0.5) is 5.69 Å². The molecule has 2 aromatic carbocycles. The van der Waals surface area contributed by atoms with Crippen molar-refractivity contribution >= 4 is 26.6 Å². The fourth-order valence-corrected chi connectivity index (χ4v) is 5.24. The zero-order valence-electron chi connectivity index (χ0n) is 16.4. The van der Waals surface area contributed by atoms with Crippen LogP contribution in [0.1, 0.15) is 11.5 Å². The lowest BCUT2D eigenvalue weighted by molar-refractivity contribution is -0.387. The van der Waals surface area contributed by atoms with E-state index in [0.717, 1.165) is 16.6 Å². The first-order chi connectivity index (χ1) is 14.4. The molecule has 1 aromatic heterocycles. The maximum Gasteiger partial charge on any atom is 0.289 e. The number of rotatable bonds is 5. The summed E-state index contributed by atoms with van der Waals surface area (Å²) in [5.74, 6) is 0.696. The zero-order valence-corrected chi connectivity index (χ0v) is 17.2. The quantitative estimate of drug-likeness (QED) is 0.454. The lowest BCUT2D eigenvalue weighted by atomic mass is 10.2. The van der Waals surface area contributed by atoms with Gasteiger partial charge in [0.1, 0.15) is 5.82 Å². The van der Waals surface area contributed by atoms with Gasteiger partial charge >= 0.3 is 0 Å². The molecule has 30 heavy (non-hydrogen) atoms. The average Bonchev–Trinajstić information content (AvgIpc) is 2.74. The molecule has 0 unspecified atom stereocenters. The molecule has 0 N–H and O–H groups in total. The van der Waals surface area contributed by atoms with Gasteiger partial charge in [-0.3, -0.25) is 15.0 Å². The monoisotopic (exact) mass is 427 g/mol. The molecule has 3 aromatic rings. The van der Waals surface area contributed by atoms with Crippen molar-refractivity contribution in [3.63, 3.8) is 0 Å². The Balaban J connectivity index is 1.47. The number of nitro benzene ring substituents is 1. The van der Waals surface area contributed by atoms with Crippen molar-refractivity contribution in [2.75, 3.05) is 26.2 Å². The highest BCUT2D eigenvalue weighted by Gasteiger charge is 2.33. The molecule has 0 aliphatic carbocycles. The maximum absolute atomic E-state index is 12.9. The Bertz CT molecular complexity index is 1210. The summed E-state index contributed by atoms with van der Waals surface area (Å²) < 4.78 is 27.2. The molecule has 0 bridgehead atoms. The van der Waals surface area contributed by atoms with E-state index in [1.807, 2.05) is 31.2 Å². The van der Waals surface area contributed by atoms with Crippen LogP contribution >= 0.6 is 0 Å². The molecule has 156 valence electrons. The van der Waals surface area contributed by atoms with E-state index in [9.17, 15) is 18.5 Å². The largest absolute Gasteiger partial charge is 0.293 e. The molecule has 1 saturated heterocycles. The highest BCUT2D eigenvalue weighted by atomic mass is 32.2. The number of nitro groups is 1. The number of sulfonamides is 1. The van der Waals surface area contributed by atoms with Gasteiger partial charge in [-0.05, 0) is 19.1 Å². The number of hydrogen-bond donors (Lipinski definition) is 0. The van der Waals surface area contributed by atoms with Crippen LogP contribution in [0.5, 0.6) is 0 Å². The van der Waals surface area contributed by atoms with Gasteiger partial charge in [0.25, 0.3) is 5.69 Å². The van der Waals surface area contributed by atoms with Crippen LogP contribution in [0.2, 0.25) is 0 Å². The molecule has 0 spiro atoms. The van der Waals surface area contributed by atoms with Crippen molar-refractivity contribution in [2.24, 2.45) is 0 Å². The predicted octanol–water partition coefficient (Wildman–Crippen LogP) is 2.35. The number of fused-ring (bicyclic) bond motifs is 1. The van der Waals surface area contributed by atoms with Gasteiger partial charge in [-0.25, -0.2) is 18.4 Å². The van der Waals surface area contributed by atoms with Gasteiger partial charge in [0.15, 0.2) is 4.90 Å². The third kappa shape index (κ3) is 3.89. The van der Waals surface area contributed by atoms with Crippen molar-refractivity contribution in [3.8, 4) is 0 Å². The molecule has 10 heteroatoms. The minimum Gasteiger partial charge on any atom is -0.293 e. The smallest absolute Gasteiger partial charge is 0.289 e. The number of hydrogen-bond acceptors (Lipinski definition) is 7.